The van der Waals surface area contributed by atoms with Gasteiger partial charge in [0.2, 0.25) is 0 Å². The quantitative estimate of drug-likeness (QED) is 0.384. The summed E-state index contributed by atoms with van der Waals surface area (Å²) >= 11 is 0. The van der Waals surface area contributed by atoms with Gasteiger partial charge in [-0.3, -0.25) is 4.57 Å². The third-order valence-electron chi connectivity index (χ3n) is 4.99. The Morgan fingerprint density at radius 3 is 2.78 bits per heavy atom. The molecule has 1 fully saturated rings. The van der Waals surface area contributed by atoms with E-state index < -0.39 is 0 Å². The minimum atomic E-state index is 0.370. The topological polar surface area (TPSA) is 127 Å². The van der Waals surface area contributed by atoms with Crippen LogP contribution in [0, 0.1) is 11.3 Å². The Morgan fingerprint density at radius 2 is 2.03 bits per heavy atom. The molecule has 1 aliphatic carbocycles. The number of nitrogens with zero attached hydrogens (tertiary/aromatic N) is 7. The molecule has 2 N–H and O–H groups in total. The van der Waals surface area contributed by atoms with Gasteiger partial charge in [-0.05, 0) is 31.0 Å². The van der Waals surface area contributed by atoms with E-state index in [0.29, 0.717) is 42.2 Å². The van der Waals surface area contributed by atoms with Crippen molar-refractivity contribution in [2.45, 2.75) is 18.9 Å². The highest BCUT2D eigenvalue weighted by Gasteiger charge is 2.23. The van der Waals surface area contributed by atoms with Gasteiger partial charge in [-0.2, -0.15) is 9.78 Å². The molecule has 0 radical (unpaired) electrons. The number of nitriles is 1. The third kappa shape index (κ3) is 4.03. The maximum absolute atomic E-state index is 9.42. The fraction of sp³-hybridized carbons (Fsp3) is 0.286. The number of rotatable bonds is 9. The highest BCUT2D eigenvalue weighted by molar-refractivity contribution is 5.74. The van der Waals surface area contributed by atoms with Crippen molar-refractivity contribution >= 4 is 22.8 Å². The van der Waals surface area contributed by atoms with Gasteiger partial charge in [0, 0.05) is 24.9 Å². The number of methoxy groups -OCH3 is 1. The van der Waals surface area contributed by atoms with Crippen molar-refractivity contribution in [1.29, 1.82) is 5.26 Å². The van der Waals surface area contributed by atoms with Gasteiger partial charge in [0.1, 0.15) is 31.1 Å². The fourth-order valence-electron chi connectivity index (χ4n) is 3.29. The summed E-state index contributed by atoms with van der Waals surface area (Å²) in [6.07, 6.45) is 6.98. The number of imidazole rings is 1. The van der Waals surface area contributed by atoms with E-state index in [0.717, 1.165) is 29.9 Å². The molecule has 0 unspecified atom stereocenters. The highest BCUT2D eigenvalue weighted by atomic mass is 16.5. The molecule has 4 aromatic rings. The molecular formula is C21H21N9O2. The molecule has 0 bridgehead atoms. The van der Waals surface area contributed by atoms with Crippen molar-refractivity contribution in [2.75, 3.05) is 31.0 Å². The minimum Gasteiger partial charge on any atom is -0.489 e. The number of benzene rings is 1. The van der Waals surface area contributed by atoms with Crippen molar-refractivity contribution in [1.82, 2.24) is 29.4 Å². The van der Waals surface area contributed by atoms with Gasteiger partial charge in [0.05, 0.1) is 24.2 Å². The van der Waals surface area contributed by atoms with E-state index in [2.05, 4.69) is 37.0 Å². The van der Waals surface area contributed by atoms with Crippen molar-refractivity contribution in [2.24, 2.45) is 0 Å². The standard InChI is InChI=1S/C21H21N9O2/c1-31-6-7-32-19-5-4-15(8-18(19)29-12-24-25-13-29)27-20-9-17(26-14-2-3-14)21-23-11-16(10-22)30(21)28-20/h4-5,8-9,11-14,26H,2-3,6-7H2,1H3,(H,27,28). The van der Waals surface area contributed by atoms with Gasteiger partial charge >= 0.3 is 0 Å². The van der Waals surface area contributed by atoms with Crippen LogP contribution in [0.25, 0.3) is 11.3 Å². The molecule has 5 rings (SSSR count). The summed E-state index contributed by atoms with van der Waals surface area (Å²) in [7, 11) is 1.63. The molecule has 11 heteroatoms. The van der Waals surface area contributed by atoms with Crippen molar-refractivity contribution in [3.8, 4) is 17.5 Å². The molecular weight excluding hydrogens is 410 g/mol. The third-order valence-corrected chi connectivity index (χ3v) is 4.99. The maximum atomic E-state index is 9.42. The molecule has 162 valence electrons. The Morgan fingerprint density at radius 1 is 1.19 bits per heavy atom. The molecule has 1 aromatic carbocycles. The van der Waals surface area contributed by atoms with Crippen LogP contribution < -0.4 is 15.4 Å². The van der Waals surface area contributed by atoms with Crippen molar-refractivity contribution < 1.29 is 9.47 Å². The molecule has 3 aromatic heterocycles. The molecule has 0 saturated heterocycles. The van der Waals surface area contributed by atoms with Crippen LogP contribution in [0.5, 0.6) is 5.75 Å². The molecule has 0 aliphatic heterocycles. The molecule has 1 aliphatic rings. The monoisotopic (exact) mass is 431 g/mol. The van der Waals surface area contributed by atoms with Crippen LogP contribution in [0.2, 0.25) is 0 Å². The Labute approximate surface area is 183 Å². The lowest BCUT2D eigenvalue weighted by atomic mass is 10.2. The number of nitrogens with one attached hydrogen (secondary N) is 2. The lowest BCUT2D eigenvalue weighted by molar-refractivity contribution is 0.146. The summed E-state index contributed by atoms with van der Waals surface area (Å²) in [6.45, 7) is 0.902. The van der Waals surface area contributed by atoms with Gasteiger partial charge < -0.3 is 20.1 Å². The van der Waals surface area contributed by atoms with Gasteiger partial charge in [-0.1, -0.05) is 0 Å². The molecule has 0 amide bonds. The zero-order valence-electron chi connectivity index (χ0n) is 17.4. The number of aromatic nitrogens is 6. The molecule has 0 atom stereocenters. The van der Waals surface area contributed by atoms with Crippen LogP contribution in [-0.4, -0.2) is 55.7 Å². The lowest BCUT2D eigenvalue weighted by Crippen LogP contribution is -2.08. The first kappa shape index (κ1) is 19.8. The van der Waals surface area contributed by atoms with E-state index in [4.69, 9.17) is 9.47 Å². The van der Waals surface area contributed by atoms with Gasteiger partial charge in [-0.15, -0.1) is 15.3 Å². The summed E-state index contributed by atoms with van der Waals surface area (Å²) in [6, 6.07) is 10.2. The van der Waals surface area contributed by atoms with Crippen molar-refractivity contribution in [3.05, 3.63) is 48.8 Å². The lowest BCUT2D eigenvalue weighted by Gasteiger charge is -2.15. The first-order valence-electron chi connectivity index (χ1n) is 10.2. The molecule has 1 saturated carbocycles. The molecule has 3 heterocycles. The van der Waals surface area contributed by atoms with E-state index in [9.17, 15) is 5.26 Å². The van der Waals surface area contributed by atoms with Gasteiger partial charge in [-0.25, -0.2) is 4.98 Å². The normalized spacial score (nSPS) is 13.1. The van der Waals surface area contributed by atoms with E-state index in [1.165, 1.54) is 6.20 Å². The number of ether oxygens (including phenoxy) is 2. The number of anilines is 3. The number of hydrogen-bond acceptors (Lipinski definition) is 9. The predicted molar refractivity (Wildman–Crippen MR) is 116 cm³/mol. The Kier molecular flexibility index (Phi) is 5.27. The predicted octanol–water partition coefficient (Wildman–Crippen LogP) is 2.52. The fourth-order valence-corrected chi connectivity index (χ4v) is 3.29. The average Bonchev–Trinajstić information content (AvgIpc) is 3.28. The van der Waals surface area contributed by atoms with E-state index in [1.54, 1.807) is 28.8 Å². The largest absolute Gasteiger partial charge is 0.489 e. The summed E-state index contributed by atoms with van der Waals surface area (Å²) < 4.78 is 14.2. The van der Waals surface area contributed by atoms with E-state index in [1.807, 2.05) is 24.3 Å². The second kappa shape index (κ2) is 8.52. The summed E-state index contributed by atoms with van der Waals surface area (Å²) in [4.78, 5) is 4.36. The molecule has 11 nitrogen and oxygen atoms in total. The van der Waals surface area contributed by atoms with Crippen LogP contribution >= 0.6 is 0 Å². The van der Waals surface area contributed by atoms with Gasteiger partial charge in [0.15, 0.2) is 17.2 Å². The van der Waals surface area contributed by atoms with Crippen molar-refractivity contribution in [3.63, 3.8) is 0 Å². The van der Waals surface area contributed by atoms with Crippen LogP contribution in [0.15, 0.2) is 43.1 Å². The zero-order chi connectivity index (χ0) is 21.9. The van der Waals surface area contributed by atoms with Crippen LogP contribution in [-0.2, 0) is 4.74 Å². The van der Waals surface area contributed by atoms with E-state index in [-0.39, 0.29) is 0 Å². The SMILES string of the molecule is COCCOc1ccc(Nc2cc(NC3CC3)c3ncc(C#N)n3n2)cc1-n1cnnc1. The number of fused-ring (bicyclic) bond motifs is 1. The van der Waals surface area contributed by atoms with Crippen LogP contribution in [0.3, 0.4) is 0 Å². The summed E-state index contributed by atoms with van der Waals surface area (Å²) in [5.74, 6) is 1.26. The number of hydrogen-bond donors (Lipinski definition) is 2. The van der Waals surface area contributed by atoms with Crippen LogP contribution in [0.4, 0.5) is 17.2 Å². The zero-order valence-corrected chi connectivity index (χ0v) is 17.4. The molecule has 0 spiro atoms. The minimum absolute atomic E-state index is 0.370. The first-order chi connectivity index (χ1) is 15.7. The van der Waals surface area contributed by atoms with Crippen LogP contribution in [0.1, 0.15) is 18.5 Å². The smallest absolute Gasteiger partial charge is 0.178 e. The maximum Gasteiger partial charge on any atom is 0.178 e. The second-order valence-electron chi connectivity index (χ2n) is 7.37. The van der Waals surface area contributed by atoms with E-state index >= 15 is 0 Å². The first-order valence-corrected chi connectivity index (χ1v) is 10.2. The Balaban J connectivity index is 1.49. The Bertz CT molecular complexity index is 1270. The summed E-state index contributed by atoms with van der Waals surface area (Å²) in [5, 5.41) is 28.6. The Hall–Kier alpha value is -4.17. The highest BCUT2D eigenvalue weighted by Crippen LogP contribution is 2.31. The summed E-state index contributed by atoms with van der Waals surface area (Å²) in [5.41, 5.74) is 3.40. The second-order valence-corrected chi connectivity index (χ2v) is 7.37. The molecule has 32 heavy (non-hydrogen) atoms. The van der Waals surface area contributed by atoms with Gasteiger partial charge in [0.25, 0.3) is 0 Å². The average molecular weight is 431 g/mol.